The van der Waals surface area contributed by atoms with E-state index < -0.39 is 0 Å². The minimum absolute atomic E-state index is 0.0129. The first-order valence-electron chi connectivity index (χ1n) is 7.24. The predicted octanol–water partition coefficient (Wildman–Crippen LogP) is 4.86. The van der Waals surface area contributed by atoms with Crippen LogP contribution in [0.3, 0.4) is 0 Å². The molecular weight excluding hydrogens is 300 g/mol. The molecule has 0 radical (unpaired) electrons. The molecule has 1 aromatic rings. The van der Waals surface area contributed by atoms with Crippen LogP contribution in [0.4, 0.5) is 5.69 Å². The summed E-state index contributed by atoms with van der Waals surface area (Å²) >= 11 is 3.54. The fourth-order valence-electron chi connectivity index (χ4n) is 2.31. The highest BCUT2D eigenvalue weighted by atomic mass is 79.9. The van der Waals surface area contributed by atoms with E-state index in [1.54, 1.807) is 0 Å². The zero-order valence-electron chi connectivity index (χ0n) is 12.4. The second-order valence-corrected chi connectivity index (χ2v) is 6.63. The molecule has 0 fully saturated rings. The molecule has 2 nitrogen and oxygen atoms in total. The SMILES string of the molecule is CCCCCCC(C)(CN)Nc1cc(C)cc(Br)c1. The van der Waals surface area contributed by atoms with Gasteiger partial charge in [0.05, 0.1) is 0 Å². The lowest BCUT2D eigenvalue weighted by molar-refractivity contribution is 0.451. The van der Waals surface area contributed by atoms with E-state index in [-0.39, 0.29) is 5.54 Å². The molecule has 0 spiro atoms. The van der Waals surface area contributed by atoms with E-state index in [0.29, 0.717) is 6.54 Å². The van der Waals surface area contributed by atoms with Gasteiger partial charge in [-0.2, -0.15) is 0 Å². The predicted molar refractivity (Wildman–Crippen MR) is 88.7 cm³/mol. The maximum absolute atomic E-state index is 5.97. The Morgan fingerprint density at radius 1 is 1.21 bits per heavy atom. The van der Waals surface area contributed by atoms with Crippen molar-refractivity contribution in [1.82, 2.24) is 0 Å². The van der Waals surface area contributed by atoms with Crippen molar-refractivity contribution in [2.75, 3.05) is 11.9 Å². The molecule has 0 amide bonds. The molecule has 1 rings (SSSR count). The first-order chi connectivity index (χ1) is 8.99. The van der Waals surface area contributed by atoms with Gasteiger partial charge in [0, 0.05) is 22.2 Å². The molecule has 108 valence electrons. The number of unbranched alkanes of at least 4 members (excludes halogenated alkanes) is 3. The number of nitrogens with two attached hydrogens (primary N) is 1. The lowest BCUT2D eigenvalue weighted by atomic mass is 9.93. The number of rotatable bonds is 8. The van der Waals surface area contributed by atoms with Crippen LogP contribution in [0.2, 0.25) is 0 Å². The van der Waals surface area contributed by atoms with E-state index in [9.17, 15) is 0 Å². The molecule has 0 saturated carbocycles. The molecule has 0 aliphatic rings. The van der Waals surface area contributed by atoms with Gasteiger partial charge in [0.15, 0.2) is 0 Å². The quantitative estimate of drug-likeness (QED) is 0.669. The van der Waals surface area contributed by atoms with Gasteiger partial charge in [-0.05, 0) is 44.0 Å². The van der Waals surface area contributed by atoms with Gasteiger partial charge >= 0.3 is 0 Å². The summed E-state index contributed by atoms with van der Waals surface area (Å²) in [5, 5.41) is 3.61. The van der Waals surface area contributed by atoms with Gasteiger partial charge < -0.3 is 11.1 Å². The smallest absolute Gasteiger partial charge is 0.0467 e. The monoisotopic (exact) mass is 326 g/mol. The minimum atomic E-state index is -0.0129. The molecule has 19 heavy (non-hydrogen) atoms. The summed E-state index contributed by atoms with van der Waals surface area (Å²) in [6, 6.07) is 6.41. The normalized spacial score (nSPS) is 14.2. The van der Waals surface area contributed by atoms with E-state index in [2.05, 4.69) is 60.2 Å². The Hall–Kier alpha value is -0.540. The van der Waals surface area contributed by atoms with Crippen LogP contribution in [0.1, 0.15) is 51.5 Å². The van der Waals surface area contributed by atoms with Gasteiger partial charge in [0.25, 0.3) is 0 Å². The second kappa shape index (κ2) is 7.91. The van der Waals surface area contributed by atoms with Crippen LogP contribution in [-0.4, -0.2) is 12.1 Å². The van der Waals surface area contributed by atoms with Gasteiger partial charge in [-0.15, -0.1) is 0 Å². The van der Waals surface area contributed by atoms with Gasteiger partial charge in [-0.3, -0.25) is 0 Å². The largest absolute Gasteiger partial charge is 0.379 e. The van der Waals surface area contributed by atoms with Crippen LogP contribution < -0.4 is 11.1 Å². The molecule has 3 N–H and O–H groups in total. The Morgan fingerprint density at radius 3 is 2.53 bits per heavy atom. The lowest BCUT2D eigenvalue weighted by Gasteiger charge is -2.31. The Balaban J connectivity index is 2.63. The maximum atomic E-state index is 5.97. The third kappa shape index (κ3) is 5.96. The topological polar surface area (TPSA) is 38.0 Å². The van der Waals surface area contributed by atoms with Crippen molar-refractivity contribution in [2.45, 2.75) is 58.4 Å². The van der Waals surface area contributed by atoms with Gasteiger partial charge in [-0.25, -0.2) is 0 Å². The standard InChI is InChI=1S/C16H27BrN2/c1-4-5-6-7-8-16(3,12-18)19-15-10-13(2)9-14(17)11-15/h9-11,19H,4-8,12,18H2,1-3H3. The average molecular weight is 327 g/mol. The fraction of sp³-hybridized carbons (Fsp3) is 0.625. The van der Waals surface area contributed by atoms with Crippen molar-refractivity contribution in [3.8, 4) is 0 Å². The number of nitrogens with one attached hydrogen (secondary N) is 1. The zero-order chi connectivity index (χ0) is 14.3. The number of hydrogen-bond donors (Lipinski definition) is 2. The van der Waals surface area contributed by atoms with Crippen LogP contribution in [0.15, 0.2) is 22.7 Å². The average Bonchev–Trinajstić information content (AvgIpc) is 2.33. The van der Waals surface area contributed by atoms with Gasteiger partial charge in [-0.1, -0.05) is 48.5 Å². The van der Waals surface area contributed by atoms with Crippen molar-refractivity contribution < 1.29 is 0 Å². The van der Waals surface area contributed by atoms with Crippen molar-refractivity contribution in [3.63, 3.8) is 0 Å². The summed E-state index contributed by atoms with van der Waals surface area (Å²) in [4.78, 5) is 0. The Kier molecular flexibility index (Phi) is 6.87. The molecule has 1 aromatic carbocycles. The van der Waals surface area contributed by atoms with E-state index in [4.69, 9.17) is 5.73 Å². The fourth-order valence-corrected chi connectivity index (χ4v) is 2.92. The third-order valence-corrected chi connectivity index (χ3v) is 3.98. The van der Waals surface area contributed by atoms with Crippen LogP contribution in [0.25, 0.3) is 0 Å². The van der Waals surface area contributed by atoms with Crippen LogP contribution >= 0.6 is 15.9 Å². The maximum Gasteiger partial charge on any atom is 0.0467 e. The van der Waals surface area contributed by atoms with E-state index in [0.717, 1.165) is 16.6 Å². The molecule has 0 aromatic heterocycles. The first-order valence-corrected chi connectivity index (χ1v) is 8.04. The first kappa shape index (κ1) is 16.5. The van der Waals surface area contributed by atoms with Crippen LogP contribution in [0, 0.1) is 6.92 Å². The molecule has 1 atom stereocenters. The van der Waals surface area contributed by atoms with Crippen LogP contribution in [-0.2, 0) is 0 Å². The molecule has 3 heteroatoms. The summed E-state index contributed by atoms with van der Waals surface area (Å²) in [7, 11) is 0. The van der Waals surface area contributed by atoms with Crippen molar-refractivity contribution >= 4 is 21.6 Å². The molecule has 0 saturated heterocycles. The summed E-state index contributed by atoms with van der Waals surface area (Å²) < 4.78 is 1.11. The number of hydrogen-bond acceptors (Lipinski definition) is 2. The highest BCUT2D eigenvalue weighted by Gasteiger charge is 2.21. The molecule has 0 aliphatic carbocycles. The zero-order valence-corrected chi connectivity index (χ0v) is 14.0. The molecular formula is C16H27BrN2. The van der Waals surface area contributed by atoms with E-state index in [1.165, 1.54) is 31.2 Å². The van der Waals surface area contributed by atoms with Gasteiger partial charge in [0.1, 0.15) is 0 Å². The Morgan fingerprint density at radius 2 is 1.95 bits per heavy atom. The van der Waals surface area contributed by atoms with Crippen molar-refractivity contribution in [2.24, 2.45) is 5.73 Å². The highest BCUT2D eigenvalue weighted by Crippen LogP contribution is 2.24. The second-order valence-electron chi connectivity index (χ2n) is 5.72. The number of halogens is 1. The Bertz CT molecular complexity index is 372. The van der Waals surface area contributed by atoms with Crippen LogP contribution in [0.5, 0.6) is 0 Å². The summed E-state index contributed by atoms with van der Waals surface area (Å²) in [5.41, 5.74) is 8.36. The molecule has 0 heterocycles. The number of anilines is 1. The Labute approximate surface area is 126 Å². The van der Waals surface area contributed by atoms with Gasteiger partial charge in [0.2, 0.25) is 0 Å². The summed E-state index contributed by atoms with van der Waals surface area (Å²) in [6.45, 7) is 7.22. The molecule has 0 bridgehead atoms. The number of benzene rings is 1. The lowest BCUT2D eigenvalue weighted by Crippen LogP contribution is -2.42. The molecule has 0 aliphatic heterocycles. The summed E-state index contributed by atoms with van der Waals surface area (Å²) in [6.07, 6.45) is 6.25. The minimum Gasteiger partial charge on any atom is -0.379 e. The van der Waals surface area contributed by atoms with E-state index in [1.807, 2.05) is 0 Å². The summed E-state index contributed by atoms with van der Waals surface area (Å²) in [5.74, 6) is 0. The van der Waals surface area contributed by atoms with Crippen molar-refractivity contribution in [3.05, 3.63) is 28.2 Å². The molecule has 1 unspecified atom stereocenters. The third-order valence-electron chi connectivity index (χ3n) is 3.52. The highest BCUT2D eigenvalue weighted by molar-refractivity contribution is 9.10. The number of aryl methyl sites for hydroxylation is 1. The van der Waals surface area contributed by atoms with E-state index >= 15 is 0 Å². The van der Waals surface area contributed by atoms with Crippen molar-refractivity contribution in [1.29, 1.82) is 0 Å².